The molecule has 3 heterocycles. The van der Waals surface area contributed by atoms with Gasteiger partial charge in [-0.15, -0.1) is 0 Å². The van der Waals surface area contributed by atoms with E-state index in [1.54, 1.807) is 24.9 Å². The molecule has 0 amide bonds. The van der Waals surface area contributed by atoms with Crippen LogP contribution in [0.2, 0.25) is 5.02 Å². The van der Waals surface area contributed by atoms with Gasteiger partial charge in [-0.05, 0) is 71.1 Å². The molecular formula is C27H31ClN6O. The molecule has 182 valence electrons. The summed E-state index contributed by atoms with van der Waals surface area (Å²) in [7, 11) is 0. The molecule has 1 aromatic carbocycles. The van der Waals surface area contributed by atoms with Crippen LogP contribution in [0.4, 0.5) is 0 Å². The largest absolute Gasteiger partial charge is 0.386 e. The lowest BCUT2D eigenvalue weighted by atomic mass is 9.96. The number of hydrogen-bond donors (Lipinski definition) is 1. The van der Waals surface area contributed by atoms with Crippen LogP contribution < -0.4 is 0 Å². The van der Waals surface area contributed by atoms with Gasteiger partial charge in [0.25, 0.3) is 0 Å². The average molecular weight is 491 g/mol. The van der Waals surface area contributed by atoms with Gasteiger partial charge in [0.15, 0.2) is 5.82 Å². The molecule has 0 aliphatic heterocycles. The fourth-order valence-electron chi connectivity index (χ4n) is 4.91. The summed E-state index contributed by atoms with van der Waals surface area (Å²) in [4.78, 5) is 9.06. The van der Waals surface area contributed by atoms with E-state index < -0.39 is 5.60 Å². The highest BCUT2D eigenvalue weighted by Gasteiger charge is 2.27. The van der Waals surface area contributed by atoms with Crippen LogP contribution in [0.3, 0.4) is 0 Å². The first kappa shape index (κ1) is 23.7. The smallest absolute Gasteiger partial charge is 0.157 e. The maximum Gasteiger partial charge on any atom is 0.157 e. The quantitative estimate of drug-likeness (QED) is 0.378. The summed E-state index contributed by atoms with van der Waals surface area (Å²) in [5.74, 6) is 1.39. The van der Waals surface area contributed by atoms with Gasteiger partial charge in [-0.2, -0.15) is 10.2 Å². The number of rotatable bonds is 7. The van der Waals surface area contributed by atoms with Crippen molar-refractivity contribution in [3.05, 3.63) is 75.6 Å². The Morgan fingerprint density at radius 2 is 1.77 bits per heavy atom. The molecule has 0 saturated heterocycles. The predicted molar refractivity (Wildman–Crippen MR) is 137 cm³/mol. The molecule has 5 rings (SSSR count). The van der Waals surface area contributed by atoms with Crippen LogP contribution in [0, 0.1) is 26.7 Å². The minimum atomic E-state index is -0.979. The fraction of sp³-hybridized carbons (Fsp3) is 0.407. The van der Waals surface area contributed by atoms with Crippen LogP contribution in [-0.2, 0) is 18.6 Å². The van der Waals surface area contributed by atoms with E-state index in [1.807, 2.05) is 44.2 Å². The van der Waals surface area contributed by atoms with Gasteiger partial charge < -0.3 is 5.11 Å². The van der Waals surface area contributed by atoms with Crippen molar-refractivity contribution in [1.29, 1.82) is 0 Å². The summed E-state index contributed by atoms with van der Waals surface area (Å²) in [5, 5.41) is 21.0. The van der Waals surface area contributed by atoms with Gasteiger partial charge in [0, 0.05) is 46.6 Å². The molecule has 0 atom stereocenters. The number of nitrogens with zero attached hydrogens (tertiary/aromatic N) is 6. The number of halogens is 1. The molecule has 1 aliphatic rings. The van der Waals surface area contributed by atoms with Crippen LogP contribution in [0.15, 0.2) is 36.7 Å². The minimum Gasteiger partial charge on any atom is -0.386 e. The first-order valence-electron chi connectivity index (χ1n) is 12.0. The number of aromatic nitrogens is 6. The molecule has 3 aromatic heterocycles. The van der Waals surface area contributed by atoms with Crippen molar-refractivity contribution in [3.63, 3.8) is 0 Å². The molecule has 1 saturated carbocycles. The van der Waals surface area contributed by atoms with Crippen molar-refractivity contribution in [2.24, 2.45) is 5.92 Å². The Hall–Kier alpha value is -3.03. The van der Waals surface area contributed by atoms with Crippen molar-refractivity contribution < 1.29 is 5.11 Å². The summed E-state index contributed by atoms with van der Waals surface area (Å²) in [6, 6.07) is 9.83. The Morgan fingerprint density at radius 1 is 1.06 bits per heavy atom. The number of aryl methyl sites for hydroxylation is 1. The average Bonchev–Trinajstić information content (AvgIpc) is 3.49. The normalized spacial score (nSPS) is 14.0. The Balaban J connectivity index is 1.51. The monoisotopic (exact) mass is 490 g/mol. The molecule has 0 spiro atoms. The third-order valence-electron chi connectivity index (χ3n) is 6.74. The molecule has 7 nitrogen and oxygen atoms in total. The van der Waals surface area contributed by atoms with E-state index >= 15 is 0 Å². The van der Waals surface area contributed by atoms with Gasteiger partial charge in [-0.1, -0.05) is 23.7 Å². The zero-order valence-electron chi connectivity index (χ0n) is 20.9. The van der Waals surface area contributed by atoms with Crippen molar-refractivity contribution in [2.45, 2.75) is 66.0 Å². The van der Waals surface area contributed by atoms with E-state index in [2.05, 4.69) is 26.7 Å². The summed E-state index contributed by atoms with van der Waals surface area (Å²) >= 11 is 6.11. The second kappa shape index (κ2) is 8.88. The Morgan fingerprint density at radius 3 is 2.40 bits per heavy atom. The third kappa shape index (κ3) is 4.75. The van der Waals surface area contributed by atoms with E-state index in [1.165, 1.54) is 12.8 Å². The maximum atomic E-state index is 10.6. The number of aliphatic hydroxyl groups is 1. The third-order valence-corrected chi connectivity index (χ3v) is 7.00. The van der Waals surface area contributed by atoms with Crippen molar-refractivity contribution in [1.82, 2.24) is 29.5 Å². The summed E-state index contributed by atoms with van der Waals surface area (Å²) in [6.07, 6.45) is 4.75. The van der Waals surface area contributed by atoms with Gasteiger partial charge in [-0.3, -0.25) is 4.68 Å². The highest BCUT2D eigenvalue weighted by molar-refractivity contribution is 6.30. The van der Waals surface area contributed by atoms with Crippen molar-refractivity contribution >= 4 is 11.6 Å². The summed E-state index contributed by atoms with van der Waals surface area (Å²) in [5.41, 5.74) is 6.78. The molecule has 8 heteroatoms. The lowest BCUT2D eigenvalue weighted by molar-refractivity contribution is 0.0772. The maximum absolute atomic E-state index is 10.6. The molecule has 35 heavy (non-hydrogen) atoms. The highest BCUT2D eigenvalue weighted by atomic mass is 35.5. The van der Waals surface area contributed by atoms with Crippen LogP contribution in [-0.4, -0.2) is 34.6 Å². The van der Waals surface area contributed by atoms with E-state index in [4.69, 9.17) is 16.7 Å². The fourth-order valence-corrected chi connectivity index (χ4v) is 5.04. The van der Waals surface area contributed by atoms with Crippen molar-refractivity contribution in [2.75, 3.05) is 0 Å². The zero-order valence-corrected chi connectivity index (χ0v) is 21.6. The van der Waals surface area contributed by atoms with Crippen LogP contribution in [0.1, 0.15) is 60.6 Å². The SMILES string of the molecule is Cc1nn(-c2cc(Cc3c(C)c(-c4ccc(Cl)cc4)nn3CC3CC3)ncn2)c(C)c1C(C)(C)O. The van der Waals surface area contributed by atoms with Crippen LogP contribution >= 0.6 is 11.6 Å². The molecule has 1 aliphatic carbocycles. The lowest BCUT2D eigenvalue weighted by Crippen LogP contribution is -2.18. The Kier molecular flexibility index (Phi) is 6.01. The van der Waals surface area contributed by atoms with Gasteiger partial charge in [0.1, 0.15) is 6.33 Å². The molecule has 1 fully saturated rings. The Bertz CT molecular complexity index is 1380. The number of benzene rings is 1. The molecule has 0 radical (unpaired) electrons. The first-order valence-corrected chi connectivity index (χ1v) is 12.4. The van der Waals surface area contributed by atoms with E-state index in [-0.39, 0.29) is 0 Å². The van der Waals surface area contributed by atoms with Gasteiger partial charge in [0.05, 0.1) is 22.7 Å². The van der Waals surface area contributed by atoms with E-state index in [0.29, 0.717) is 18.2 Å². The van der Waals surface area contributed by atoms with Crippen molar-refractivity contribution in [3.8, 4) is 17.1 Å². The second-order valence-corrected chi connectivity index (χ2v) is 10.6. The molecule has 0 unspecified atom stereocenters. The molecule has 4 aromatic rings. The van der Waals surface area contributed by atoms with Gasteiger partial charge >= 0.3 is 0 Å². The zero-order chi connectivity index (χ0) is 24.9. The van der Waals surface area contributed by atoms with Gasteiger partial charge in [0.2, 0.25) is 0 Å². The highest BCUT2D eigenvalue weighted by Crippen LogP contribution is 2.34. The summed E-state index contributed by atoms with van der Waals surface area (Å²) in [6.45, 7) is 10.5. The van der Waals surface area contributed by atoms with E-state index in [9.17, 15) is 5.11 Å². The first-order chi connectivity index (χ1) is 16.6. The second-order valence-electron chi connectivity index (χ2n) is 10.1. The van der Waals surface area contributed by atoms with Crippen LogP contribution in [0.25, 0.3) is 17.1 Å². The van der Waals surface area contributed by atoms with E-state index in [0.717, 1.165) is 56.7 Å². The number of hydrogen-bond acceptors (Lipinski definition) is 5. The molecular weight excluding hydrogens is 460 g/mol. The predicted octanol–water partition coefficient (Wildman–Crippen LogP) is 5.33. The Labute approximate surface area is 210 Å². The minimum absolute atomic E-state index is 0.645. The summed E-state index contributed by atoms with van der Waals surface area (Å²) < 4.78 is 3.95. The topological polar surface area (TPSA) is 81.7 Å². The lowest BCUT2D eigenvalue weighted by Gasteiger charge is -2.18. The molecule has 1 N–H and O–H groups in total. The van der Waals surface area contributed by atoms with Crippen LogP contribution in [0.5, 0.6) is 0 Å². The molecule has 0 bridgehead atoms. The standard InChI is InChI=1S/C27H31ClN6O/c1-16-23(33(14-19-6-7-19)32-26(16)20-8-10-21(28)11-9-20)12-22-13-24(30-15-29-22)34-18(3)25(17(2)31-34)27(4,5)35/h8-11,13,15,19,35H,6-7,12,14H2,1-5H3. The van der Waals surface area contributed by atoms with Gasteiger partial charge in [-0.25, -0.2) is 14.6 Å².